The molecule has 3 aromatic rings. The zero-order valence-corrected chi connectivity index (χ0v) is 13.6. The van der Waals surface area contributed by atoms with E-state index in [0.717, 1.165) is 15.8 Å². The molecule has 0 atom stereocenters. The van der Waals surface area contributed by atoms with Crippen molar-refractivity contribution in [3.8, 4) is 0 Å². The van der Waals surface area contributed by atoms with Crippen molar-refractivity contribution >= 4 is 73.4 Å². The number of halogens is 4. The van der Waals surface area contributed by atoms with E-state index in [-0.39, 0.29) is 17.4 Å². The Morgan fingerprint density at radius 2 is 1.86 bits per heavy atom. The van der Waals surface area contributed by atoms with Crippen molar-refractivity contribution in [1.29, 1.82) is 0 Å². The van der Waals surface area contributed by atoms with Crippen LogP contribution in [0.2, 0.25) is 10.0 Å². The van der Waals surface area contributed by atoms with Gasteiger partial charge < -0.3 is 11.1 Å². The Morgan fingerprint density at radius 1 is 1.10 bits per heavy atom. The fourth-order valence-electron chi connectivity index (χ4n) is 1.94. The summed E-state index contributed by atoms with van der Waals surface area (Å²) in [5.74, 6) is -0.455. The molecule has 0 spiro atoms. The quantitative estimate of drug-likeness (QED) is 0.577. The van der Waals surface area contributed by atoms with Gasteiger partial charge >= 0.3 is 0 Å². The first kappa shape index (κ1) is 16.2. The van der Waals surface area contributed by atoms with Crippen molar-refractivity contribution in [3.05, 3.63) is 52.3 Å². The lowest BCUT2D eigenvalue weighted by Gasteiger charge is -2.07. The Bertz CT molecular complexity index is 804. The zero-order valence-electron chi connectivity index (χ0n) is 10.5. The first-order chi connectivity index (χ1) is 9.54. The van der Waals surface area contributed by atoms with Gasteiger partial charge in [0, 0.05) is 20.8 Å². The molecule has 0 saturated heterocycles. The van der Waals surface area contributed by atoms with Gasteiger partial charge in [-0.15, -0.1) is 23.7 Å². The Hall–Kier alpha value is -1.20. The second kappa shape index (κ2) is 6.28. The molecule has 1 aromatic heterocycles. The molecule has 0 fully saturated rings. The van der Waals surface area contributed by atoms with Gasteiger partial charge in [0.05, 0.1) is 10.7 Å². The van der Waals surface area contributed by atoms with Gasteiger partial charge in [0.15, 0.2) is 0 Å². The van der Waals surface area contributed by atoms with Crippen molar-refractivity contribution in [2.45, 2.75) is 0 Å². The number of fused-ring (bicyclic) bond motifs is 1. The lowest BCUT2D eigenvalue weighted by molar-refractivity contribution is 0.628. The number of thiophene rings is 1. The van der Waals surface area contributed by atoms with E-state index < -0.39 is 5.82 Å². The summed E-state index contributed by atoms with van der Waals surface area (Å²) in [6.07, 6.45) is 0. The van der Waals surface area contributed by atoms with Crippen LogP contribution < -0.4 is 11.1 Å². The maximum atomic E-state index is 13.2. The number of hydrogen-bond donors (Lipinski definition) is 2. The normalized spacial score (nSPS) is 10.4. The van der Waals surface area contributed by atoms with Crippen LogP contribution in [-0.4, -0.2) is 0 Å². The number of nitrogens with one attached hydrogen (secondary N) is 1. The maximum absolute atomic E-state index is 13.2. The summed E-state index contributed by atoms with van der Waals surface area (Å²) in [6.45, 7) is 0. The molecule has 0 unspecified atom stereocenters. The summed E-state index contributed by atoms with van der Waals surface area (Å²) in [6, 6.07) is 10.0. The van der Waals surface area contributed by atoms with Crippen molar-refractivity contribution in [2.24, 2.45) is 0 Å². The fraction of sp³-hybridized carbons (Fsp3) is 0. The monoisotopic (exact) mass is 362 g/mol. The van der Waals surface area contributed by atoms with Gasteiger partial charge in [0.2, 0.25) is 0 Å². The summed E-state index contributed by atoms with van der Waals surface area (Å²) in [5, 5.41) is 5.43. The first-order valence-electron chi connectivity index (χ1n) is 5.74. The molecule has 0 bridgehead atoms. The number of rotatable bonds is 2. The first-order valence-corrected chi connectivity index (χ1v) is 7.31. The Morgan fingerprint density at radius 3 is 2.57 bits per heavy atom. The predicted molar refractivity (Wildman–Crippen MR) is 93.2 cm³/mol. The molecule has 7 heteroatoms. The van der Waals surface area contributed by atoms with Crippen LogP contribution in [0, 0.1) is 5.82 Å². The molecule has 2 nitrogen and oxygen atoms in total. The SMILES string of the molecule is Cl.Nc1sc2ccc(Cl)cc2c1Nc1ccc(F)c(Cl)c1. The van der Waals surface area contributed by atoms with Crippen molar-refractivity contribution in [1.82, 2.24) is 0 Å². The highest BCUT2D eigenvalue weighted by molar-refractivity contribution is 7.23. The summed E-state index contributed by atoms with van der Waals surface area (Å²) in [5.41, 5.74) is 7.45. The summed E-state index contributed by atoms with van der Waals surface area (Å²) >= 11 is 13.3. The van der Waals surface area contributed by atoms with E-state index in [1.807, 2.05) is 18.2 Å². The highest BCUT2D eigenvalue weighted by Crippen LogP contribution is 2.41. The molecule has 2 aromatic carbocycles. The van der Waals surface area contributed by atoms with Gasteiger partial charge in [-0.3, -0.25) is 0 Å². The minimum atomic E-state index is -0.455. The molecule has 0 aliphatic carbocycles. The number of hydrogen-bond acceptors (Lipinski definition) is 3. The van der Waals surface area contributed by atoms with Gasteiger partial charge in [-0.05, 0) is 36.4 Å². The molecule has 110 valence electrons. The smallest absolute Gasteiger partial charge is 0.141 e. The number of benzene rings is 2. The Kier molecular flexibility index (Phi) is 4.84. The van der Waals surface area contributed by atoms with Gasteiger partial charge in [-0.1, -0.05) is 23.2 Å². The second-order valence-electron chi connectivity index (χ2n) is 4.24. The van der Waals surface area contributed by atoms with Gasteiger partial charge in [-0.2, -0.15) is 0 Å². The fourth-order valence-corrected chi connectivity index (χ4v) is 3.20. The van der Waals surface area contributed by atoms with E-state index in [1.54, 1.807) is 6.07 Å². The van der Waals surface area contributed by atoms with E-state index in [1.165, 1.54) is 23.5 Å². The number of nitrogen functional groups attached to an aromatic ring is 1. The molecule has 0 aliphatic heterocycles. The Balaban J connectivity index is 0.00000161. The van der Waals surface area contributed by atoms with Gasteiger partial charge in [-0.25, -0.2) is 4.39 Å². The van der Waals surface area contributed by atoms with Crippen LogP contribution in [0.5, 0.6) is 0 Å². The molecule has 21 heavy (non-hydrogen) atoms. The van der Waals surface area contributed by atoms with Crippen molar-refractivity contribution in [2.75, 3.05) is 11.1 Å². The molecule has 3 N–H and O–H groups in total. The van der Waals surface area contributed by atoms with Crippen molar-refractivity contribution < 1.29 is 4.39 Å². The largest absolute Gasteiger partial charge is 0.389 e. The lowest BCUT2D eigenvalue weighted by atomic mass is 10.2. The molecule has 3 rings (SSSR count). The van der Waals surface area contributed by atoms with Crippen LogP contribution in [0.3, 0.4) is 0 Å². The molecular weight excluding hydrogens is 354 g/mol. The van der Waals surface area contributed by atoms with E-state index in [4.69, 9.17) is 28.9 Å². The van der Waals surface area contributed by atoms with Crippen LogP contribution in [0.15, 0.2) is 36.4 Å². The summed E-state index contributed by atoms with van der Waals surface area (Å²) < 4.78 is 14.2. The lowest BCUT2D eigenvalue weighted by Crippen LogP contribution is -1.93. The van der Waals surface area contributed by atoms with Crippen LogP contribution in [0.4, 0.5) is 20.8 Å². The highest BCUT2D eigenvalue weighted by atomic mass is 35.5. The van der Waals surface area contributed by atoms with E-state index in [9.17, 15) is 4.39 Å². The van der Waals surface area contributed by atoms with E-state index in [2.05, 4.69) is 5.32 Å². The highest BCUT2D eigenvalue weighted by Gasteiger charge is 2.11. The van der Waals surface area contributed by atoms with Gasteiger partial charge in [0.1, 0.15) is 10.8 Å². The van der Waals surface area contributed by atoms with E-state index in [0.29, 0.717) is 15.7 Å². The molecule has 0 amide bonds. The molecule has 0 radical (unpaired) electrons. The van der Waals surface area contributed by atoms with E-state index >= 15 is 0 Å². The molecular formula is C14H10Cl3FN2S. The second-order valence-corrected chi connectivity index (χ2v) is 6.16. The van der Waals surface area contributed by atoms with Crippen LogP contribution in [-0.2, 0) is 0 Å². The number of anilines is 3. The van der Waals surface area contributed by atoms with Crippen LogP contribution >= 0.6 is 46.9 Å². The average molecular weight is 364 g/mol. The average Bonchev–Trinajstić information content (AvgIpc) is 2.70. The molecule has 0 saturated carbocycles. The van der Waals surface area contributed by atoms with Crippen LogP contribution in [0.1, 0.15) is 0 Å². The topological polar surface area (TPSA) is 38.0 Å². The zero-order chi connectivity index (χ0) is 14.3. The number of nitrogens with two attached hydrogens (primary N) is 1. The summed E-state index contributed by atoms with van der Waals surface area (Å²) in [4.78, 5) is 0. The summed E-state index contributed by atoms with van der Waals surface area (Å²) in [7, 11) is 0. The standard InChI is InChI=1S/C14H9Cl2FN2S.ClH/c15-7-1-4-12-9(5-7)13(14(18)20-12)19-8-2-3-11(17)10(16)6-8;/h1-6,19H,18H2;1H. The van der Waals surface area contributed by atoms with Crippen LogP contribution in [0.25, 0.3) is 10.1 Å². The third kappa shape index (κ3) is 3.19. The predicted octanol–water partition coefficient (Wildman–Crippen LogP) is 6.09. The Labute approximate surface area is 141 Å². The molecule has 0 aliphatic rings. The third-order valence-corrected chi connectivity index (χ3v) is 4.39. The minimum absolute atomic E-state index is 0. The molecule has 1 heterocycles. The van der Waals surface area contributed by atoms with Gasteiger partial charge in [0.25, 0.3) is 0 Å². The minimum Gasteiger partial charge on any atom is -0.389 e. The third-order valence-electron chi connectivity index (χ3n) is 2.87. The van der Waals surface area contributed by atoms with Crippen molar-refractivity contribution in [3.63, 3.8) is 0 Å². The maximum Gasteiger partial charge on any atom is 0.141 e.